The number of nitrogens with one attached hydrogen (secondary N) is 1. The van der Waals surface area contributed by atoms with E-state index in [1.165, 1.54) is 37.3 Å². The maximum absolute atomic E-state index is 14.5. The van der Waals surface area contributed by atoms with Gasteiger partial charge in [0.1, 0.15) is 16.7 Å². The molecule has 10 nitrogen and oxygen atoms in total. The van der Waals surface area contributed by atoms with Gasteiger partial charge in [0, 0.05) is 12.1 Å². The largest absolute Gasteiger partial charge is 0.451 e. The lowest BCUT2D eigenvalue weighted by Gasteiger charge is -2.10. The Hall–Kier alpha value is -2.96. The summed E-state index contributed by atoms with van der Waals surface area (Å²) in [5.74, 6) is -3.84. The standard InChI is InChI=1S/C20H23F2N4O6PS/c1-12(19(27)26-20(23)24)9-13-10-16(21)18(17(22)11-13)32-14-3-5-15(6-4-14)34(31)25-7-2-8-33(28,29)30/h3-6,9-11,25H,2,7-8H2,1H3,(H2,28,29,30)(H4,23,24,26,27)/b12-9+. The molecule has 0 spiro atoms. The van der Waals surface area contributed by atoms with Crippen molar-refractivity contribution in [3.05, 3.63) is 59.2 Å². The van der Waals surface area contributed by atoms with E-state index in [1.807, 2.05) is 0 Å². The van der Waals surface area contributed by atoms with Gasteiger partial charge in [-0.05, 0) is 61.4 Å². The van der Waals surface area contributed by atoms with Crippen LogP contribution < -0.4 is 20.9 Å². The third-order valence-electron chi connectivity index (χ3n) is 4.09. The van der Waals surface area contributed by atoms with E-state index in [9.17, 15) is 22.3 Å². The molecule has 34 heavy (non-hydrogen) atoms. The van der Waals surface area contributed by atoms with E-state index in [1.54, 1.807) is 0 Å². The molecule has 0 aromatic heterocycles. The molecule has 0 aliphatic carbocycles. The van der Waals surface area contributed by atoms with Crippen LogP contribution in [0.1, 0.15) is 18.9 Å². The Morgan fingerprint density at radius 3 is 2.32 bits per heavy atom. The molecular weight excluding hydrogens is 493 g/mol. The number of amides is 1. The van der Waals surface area contributed by atoms with Crippen LogP contribution in [-0.2, 0) is 20.3 Å². The van der Waals surface area contributed by atoms with Crippen molar-refractivity contribution in [1.29, 1.82) is 0 Å². The highest BCUT2D eigenvalue weighted by Crippen LogP contribution is 2.34. The smallest absolute Gasteiger partial charge is 0.325 e. The highest BCUT2D eigenvalue weighted by molar-refractivity contribution is 7.83. The molecule has 1 unspecified atom stereocenters. The number of halogens is 2. The number of hydrogen-bond donors (Lipinski definition) is 5. The second-order valence-corrected chi connectivity index (χ2v) is 10.0. The topological polar surface area (TPSA) is 177 Å². The van der Waals surface area contributed by atoms with E-state index < -0.39 is 47.8 Å². The van der Waals surface area contributed by atoms with Crippen LogP contribution in [0.4, 0.5) is 8.78 Å². The van der Waals surface area contributed by atoms with Crippen molar-refractivity contribution in [3.63, 3.8) is 0 Å². The summed E-state index contributed by atoms with van der Waals surface area (Å²) in [7, 11) is -5.77. The van der Waals surface area contributed by atoms with Crippen LogP contribution in [0, 0.1) is 11.6 Å². The Bertz CT molecular complexity index is 1160. The molecule has 2 rings (SSSR count). The fourth-order valence-corrected chi connectivity index (χ4v) is 4.01. The average molecular weight is 516 g/mol. The van der Waals surface area contributed by atoms with Crippen LogP contribution in [0.2, 0.25) is 0 Å². The van der Waals surface area contributed by atoms with Crippen molar-refractivity contribution in [2.75, 3.05) is 12.7 Å². The Morgan fingerprint density at radius 1 is 1.21 bits per heavy atom. The second kappa shape index (κ2) is 12.0. The molecule has 1 atom stereocenters. The molecule has 0 aliphatic rings. The molecule has 14 heteroatoms. The average Bonchev–Trinajstić information content (AvgIpc) is 2.73. The van der Waals surface area contributed by atoms with Crippen LogP contribution in [0.15, 0.2) is 51.9 Å². The van der Waals surface area contributed by atoms with Crippen molar-refractivity contribution in [2.24, 2.45) is 16.5 Å². The lowest BCUT2D eigenvalue weighted by atomic mass is 10.1. The predicted octanol–water partition coefficient (Wildman–Crippen LogP) is 2.14. The third-order valence-corrected chi connectivity index (χ3v) is 6.15. The number of rotatable bonds is 10. The SMILES string of the molecule is C/C(=C\c1cc(F)c(Oc2ccc(S(=O)NCCCP(=O)(O)O)cc2)c(F)c1)C(=O)N=C(N)N. The summed E-state index contributed by atoms with van der Waals surface area (Å²) in [4.78, 5) is 33.0. The summed E-state index contributed by atoms with van der Waals surface area (Å²) < 4.78 is 59.8. The number of aliphatic imine (C=N–C) groups is 1. The number of carbonyl (C=O) groups excluding carboxylic acids is 1. The van der Waals surface area contributed by atoms with Crippen LogP contribution in [0.3, 0.4) is 0 Å². The first-order valence-corrected chi connectivity index (χ1v) is 12.6. The Kier molecular flexibility index (Phi) is 9.59. The van der Waals surface area contributed by atoms with Crippen molar-refractivity contribution < 1.29 is 36.9 Å². The zero-order valence-corrected chi connectivity index (χ0v) is 19.6. The van der Waals surface area contributed by atoms with Crippen LogP contribution in [0.25, 0.3) is 6.08 Å². The lowest BCUT2D eigenvalue weighted by Crippen LogP contribution is -2.24. The summed E-state index contributed by atoms with van der Waals surface area (Å²) in [5, 5.41) is 0. The quantitative estimate of drug-likeness (QED) is 0.105. The first-order chi connectivity index (χ1) is 15.9. The van der Waals surface area contributed by atoms with E-state index in [2.05, 4.69) is 9.71 Å². The van der Waals surface area contributed by atoms with Gasteiger partial charge in [0.15, 0.2) is 23.3 Å². The fraction of sp³-hybridized carbons (Fsp3) is 0.200. The van der Waals surface area contributed by atoms with E-state index in [-0.39, 0.29) is 36.0 Å². The van der Waals surface area contributed by atoms with Gasteiger partial charge >= 0.3 is 7.60 Å². The molecule has 1 amide bonds. The van der Waals surface area contributed by atoms with Crippen LogP contribution in [0.5, 0.6) is 11.5 Å². The Balaban J connectivity index is 2.07. The third kappa shape index (κ3) is 8.76. The van der Waals surface area contributed by atoms with Gasteiger partial charge < -0.3 is 26.0 Å². The zero-order valence-electron chi connectivity index (χ0n) is 17.9. The number of hydrogen-bond acceptors (Lipinski definition) is 4. The fourth-order valence-electron chi connectivity index (χ4n) is 2.56. The normalized spacial score (nSPS) is 12.8. The maximum Gasteiger partial charge on any atom is 0.325 e. The molecule has 0 saturated heterocycles. The first kappa shape index (κ1) is 27.3. The number of guanidine groups is 1. The number of ether oxygens (including phenoxy) is 1. The van der Waals surface area contributed by atoms with Gasteiger partial charge in [0.2, 0.25) is 0 Å². The maximum atomic E-state index is 14.5. The van der Waals surface area contributed by atoms with Gasteiger partial charge in [-0.15, -0.1) is 0 Å². The first-order valence-electron chi connectivity index (χ1n) is 9.65. The van der Waals surface area contributed by atoms with Crippen molar-refractivity contribution >= 4 is 36.5 Å². The van der Waals surface area contributed by atoms with Gasteiger partial charge in [-0.1, -0.05) is 0 Å². The molecule has 2 aromatic carbocycles. The van der Waals surface area contributed by atoms with Gasteiger partial charge in [0.25, 0.3) is 5.91 Å². The molecule has 0 saturated carbocycles. The van der Waals surface area contributed by atoms with E-state index >= 15 is 0 Å². The van der Waals surface area contributed by atoms with Crippen molar-refractivity contribution in [2.45, 2.75) is 18.2 Å². The number of benzene rings is 2. The summed E-state index contributed by atoms with van der Waals surface area (Å²) in [5.41, 5.74) is 10.4. The summed E-state index contributed by atoms with van der Waals surface area (Å²) >= 11 is 0. The van der Waals surface area contributed by atoms with Crippen molar-refractivity contribution in [3.8, 4) is 11.5 Å². The predicted molar refractivity (Wildman–Crippen MR) is 123 cm³/mol. The molecule has 0 bridgehead atoms. The highest BCUT2D eigenvalue weighted by Gasteiger charge is 2.15. The molecule has 0 radical (unpaired) electrons. The highest BCUT2D eigenvalue weighted by atomic mass is 32.2. The number of nitrogens with two attached hydrogens (primary N) is 2. The van der Waals surface area contributed by atoms with Gasteiger partial charge in [0.05, 0.1) is 11.1 Å². The molecule has 0 fully saturated rings. The number of carbonyl (C=O) groups is 1. The summed E-state index contributed by atoms with van der Waals surface area (Å²) in [6.07, 6.45) is 1.01. The van der Waals surface area contributed by atoms with Gasteiger partial charge in [-0.3, -0.25) is 9.36 Å². The molecule has 2 aromatic rings. The minimum Gasteiger partial charge on any atom is -0.451 e. The molecule has 7 N–H and O–H groups in total. The van der Waals surface area contributed by atoms with Gasteiger partial charge in [-0.2, -0.15) is 4.99 Å². The monoisotopic (exact) mass is 516 g/mol. The van der Waals surface area contributed by atoms with Gasteiger partial charge in [-0.25, -0.2) is 17.7 Å². The van der Waals surface area contributed by atoms with E-state index in [0.29, 0.717) is 4.90 Å². The Labute approximate surface area is 196 Å². The molecular formula is C20H23F2N4O6PS. The summed E-state index contributed by atoms with van der Waals surface area (Å²) in [6.45, 7) is 1.50. The zero-order chi connectivity index (χ0) is 25.5. The molecule has 184 valence electrons. The molecule has 0 heterocycles. The number of nitrogens with zero attached hydrogens (tertiary/aromatic N) is 1. The minimum atomic E-state index is -4.11. The van der Waals surface area contributed by atoms with E-state index in [4.69, 9.17) is 26.0 Å². The van der Waals surface area contributed by atoms with Crippen molar-refractivity contribution in [1.82, 2.24) is 4.72 Å². The Morgan fingerprint density at radius 2 is 1.79 bits per heavy atom. The van der Waals surface area contributed by atoms with E-state index in [0.717, 1.165) is 12.1 Å². The summed E-state index contributed by atoms with van der Waals surface area (Å²) in [6, 6.07) is 7.47. The minimum absolute atomic E-state index is 0.0505. The second-order valence-electron chi connectivity index (χ2n) is 6.96. The molecule has 0 aliphatic heterocycles. The lowest BCUT2D eigenvalue weighted by molar-refractivity contribution is -0.114. The van der Waals surface area contributed by atoms with Crippen LogP contribution >= 0.6 is 7.60 Å². The van der Waals surface area contributed by atoms with Crippen LogP contribution in [-0.4, -0.2) is 38.6 Å².